The Morgan fingerprint density at radius 1 is 1.36 bits per heavy atom. The maximum absolute atomic E-state index is 12.3. The van der Waals surface area contributed by atoms with Gasteiger partial charge in [0.1, 0.15) is 0 Å². The lowest BCUT2D eigenvalue weighted by Crippen LogP contribution is -2.21. The number of nitrogens with zero attached hydrogens (tertiary/aromatic N) is 1. The molecule has 1 atom stereocenters. The van der Waals surface area contributed by atoms with Gasteiger partial charge in [0.05, 0.1) is 0 Å². The predicted octanol–water partition coefficient (Wildman–Crippen LogP) is 3.43. The summed E-state index contributed by atoms with van der Waals surface area (Å²) < 4.78 is 13.7. The van der Waals surface area contributed by atoms with E-state index in [-0.39, 0.29) is 5.41 Å². The highest BCUT2D eigenvalue weighted by Crippen LogP contribution is 2.70. The molecule has 0 saturated carbocycles. The van der Waals surface area contributed by atoms with Crippen LogP contribution in [0.2, 0.25) is 0 Å². The second-order valence-electron chi connectivity index (χ2n) is 4.29. The number of hydrazine groups is 1. The Bertz CT molecular complexity index is 216. The van der Waals surface area contributed by atoms with Crippen molar-refractivity contribution in [1.82, 2.24) is 4.78 Å². The molecule has 0 amide bonds. The first-order valence-corrected chi connectivity index (χ1v) is 9.43. The summed E-state index contributed by atoms with van der Waals surface area (Å²) in [6.45, 7) is 8.41. The van der Waals surface area contributed by atoms with E-state index in [0.29, 0.717) is 0 Å². The molecule has 0 saturated heterocycles. The summed E-state index contributed by atoms with van der Waals surface area (Å²) in [5.41, 5.74) is -2.26. The zero-order valence-electron chi connectivity index (χ0n) is 9.61. The molecule has 6 heteroatoms. The number of rotatable bonds is 5. The van der Waals surface area contributed by atoms with Gasteiger partial charge in [-0.3, -0.25) is 10.4 Å². The summed E-state index contributed by atoms with van der Waals surface area (Å²) in [7, 11) is 1.68. The summed E-state index contributed by atoms with van der Waals surface area (Å²) in [6, 6.07) is 0. The van der Waals surface area contributed by atoms with Gasteiger partial charge in [-0.25, -0.2) is 0 Å². The highest BCUT2D eigenvalue weighted by atomic mass is 33.1. The van der Waals surface area contributed by atoms with Gasteiger partial charge >= 0.3 is 0 Å². The molecule has 1 unspecified atom stereocenters. The molecule has 0 aromatic carbocycles. The first-order valence-electron chi connectivity index (χ1n) is 4.59. The van der Waals surface area contributed by atoms with Gasteiger partial charge in [0, 0.05) is 12.8 Å². The normalized spacial score (nSPS) is 17.1. The van der Waals surface area contributed by atoms with Crippen LogP contribution < -0.4 is 5.84 Å². The van der Waals surface area contributed by atoms with Gasteiger partial charge in [-0.1, -0.05) is 50.5 Å². The van der Waals surface area contributed by atoms with E-state index >= 15 is 0 Å². The van der Waals surface area contributed by atoms with Crippen molar-refractivity contribution in [2.24, 2.45) is 11.3 Å². The maximum atomic E-state index is 12.3. The maximum Gasteiger partial charge on any atom is 0.269 e. The second kappa shape index (κ2) is 5.80. The number of hydrogen-bond acceptors (Lipinski definition) is 4. The average molecular weight is 256 g/mol. The molecule has 0 bridgehead atoms. The molecule has 0 fully saturated rings. The van der Waals surface area contributed by atoms with E-state index in [1.807, 2.05) is 6.92 Å². The minimum Gasteiger partial charge on any atom is -0.281 e. The van der Waals surface area contributed by atoms with E-state index in [1.54, 1.807) is 7.05 Å². The van der Waals surface area contributed by atoms with E-state index in [4.69, 9.17) is 5.84 Å². The predicted molar refractivity (Wildman–Crippen MR) is 69.6 cm³/mol. The fourth-order valence-electron chi connectivity index (χ4n) is 0.658. The topological polar surface area (TPSA) is 46.3 Å². The molecule has 0 radical (unpaired) electrons. The third-order valence-corrected chi connectivity index (χ3v) is 10.6. The van der Waals surface area contributed by atoms with Gasteiger partial charge in [-0.2, -0.15) is 4.78 Å². The Kier molecular flexibility index (Phi) is 6.16. The van der Waals surface area contributed by atoms with Crippen molar-refractivity contribution in [1.29, 1.82) is 0 Å². The van der Waals surface area contributed by atoms with Crippen molar-refractivity contribution in [3.05, 3.63) is 0 Å². The summed E-state index contributed by atoms with van der Waals surface area (Å²) >= 11 is 2.93. The monoisotopic (exact) mass is 256 g/mol. The Labute approximate surface area is 95.5 Å². The number of nitrogens with two attached hydrogens (primary N) is 1. The van der Waals surface area contributed by atoms with Crippen molar-refractivity contribution in [3.63, 3.8) is 0 Å². The summed E-state index contributed by atoms with van der Waals surface area (Å²) in [4.78, 5) is 0. The summed E-state index contributed by atoms with van der Waals surface area (Å²) in [5.74, 6) is 7.30. The van der Waals surface area contributed by atoms with E-state index < -0.39 is 5.70 Å². The Hall–Kier alpha value is 0.850. The van der Waals surface area contributed by atoms with Crippen molar-refractivity contribution in [2.45, 2.75) is 27.7 Å². The van der Waals surface area contributed by atoms with Crippen LogP contribution in [0.5, 0.6) is 0 Å². The smallest absolute Gasteiger partial charge is 0.269 e. The molecular formula is C8H21N2OPS2. The lowest BCUT2D eigenvalue weighted by Gasteiger charge is -2.26. The van der Waals surface area contributed by atoms with E-state index in [0.717, 1.165) is 11.5 Å². The van der Waals surface area contributed by atoms with Crippen LogP contribution in [0.4, 0.5) is 0 Å². The van der Waals surface area contributed by atoms with E-state index in [9.17, 15) is 4.57 Å². The third-order valence-electron chi connectivity index (χ3n) is 1.34. The molecule has 3 nitrogen and oxygen atoms in total. The molecule has 14 heavy (non-hydrogen) atoms. The summed E-state index contributed by atoms with van der Waals surface area (Å²) in [5, 5.41) is 0. The van der Waals surface area contributed by atoms with Crippen molar-refractivity contribution < 1.29 is 4.57 Å². The SMILES string of the molecule is CCSP(=O)(SCC(C)(C)C)N(C)N. The number of hydrogen-bond donors (Lipinski definition) is 1. The zero-order valence-corrected chi connectivity index (χ0v) is 12.1. The Balaban J connectivity index is 4.32. The molecule has 2 N–H and O–H groups in total. The molecule has 86 valence electrons. The van der Waals surface area contributed by atoms with Crippen LogP contribution in [0.3, 0.4) is 0 Å². The van der Waals surface area contributed by atoms with E-state index in [2.05, 4.69) is 20.8 Å². The quantitative estimate of drug-likeness (QED) is 0.464. The zero-order chi connectivity index (χ0) is 11.4. The van der Waals surface area contributed by atoms with Crippen LogP contribution in [0.1, 0.15) is 27.7 Å². The average Bonchev–Trinajstić information content (AvgIpc) is 2.00. The van der Waals surface area contributed by atoms with Gasteiger partial charge in [0.15, 0.2) is 0 Å². The standard InChI is InChI=1S/C8H21N2OPS2/c1-6-13-12(11,10(5)9)14-7-8(2,3)4/h6-7,9H2,1-5H3. The molecule has 0 spiro atoms. The highest BCUT2D eigenvalue weighted by molar-refractivity contribution is 8.89. The lowest BCUT2D eigenvalue weighted by molar-refractivity contribution is 0.479. The van der Waals surface area contributed by atoms with Crippen molar-refractivity contribution in [3.8, 4) is 0 Å². The fraction of sp³-hybridized carbons (Fsp3) is 1.00. The molecule has 0 aliphatic rings. The van der Waals surface area contributed by atoms with Crippen LogP contribution in [0.25, 0.3) is 0 Å². The summed E-state index contributed by atoms with van der Waals surface area (Å²) in [6.07, 6.45) is 0. The van der Waals surface area contributed by atoms with Crippen LogP contribution in [-0.2, 0) is 4.57 Å². The molecule has 0 aromatic rings. The highest BCUT2D eigenvalue weighted by Gasteiger charge is 2.28. The van der Waals surface area contributed by atoms with Crippen LogP contribution in [0.15, 0.2) is 0 Å². The first kappa shape index (κ1) is 14.8. The first-order chi connectivity index (χ1) is 6.21. The van der Waals surface area contributed by atoms with Crippen molar-refractivity contribution >= 4 is 28.5 Å². The minimum absolute atomic E-state index is 0.185. The van der Waals surface area contributed by atoms with Gasteiger partial charge in [-0.05, 0) is 11.2 Å². The fourth-order valence-corrected chi connectivity index (χ4v) is 8.01. The third kappa shape index (κ3) is 5.66. The Morgan fingerprint density at radius 2 is 1.86 bits per heavy atom. The van der Waals surface area contributed by atoms with Gasteiger partial charge in [-0.15, -0.1) is 0 Å². The van der Waals surface area contributed by atoms with Crippen molar-refractivity contribution in [2.75, 3.05) is 18.6 Å². The van der Waals surface area contributed by atoms with Gasteiger partial charge < -0.3 is 0 Å². The largest absolute Gasteiger partial charge is 0.281 e. The molecule has 0 aromatic heterocycles. The molecule has 0 aliphatic heterocycles. The van der Waals surface area contributed by atoms with E-state index in [1.165, 1.54) is 27.5 Å². The van der Waals surface area contributed by atoms with Gasteiger partial charge in [0.2, 0.25) is 0 Å². The van der Waals surface area contributed by atoms with Crippen LogP contribution in [0, 0.1) is 5.41 Å². The van der Waals surface area contributed by atoms with Crippen LogP contribution >= 0.6 is 28.5 Å². The molecule has 0 rings (SSSR count). The molecular weight excluding hydrogens is 235 g/mol. The lowest BCUT2D eigenvalue weighted by atomic mass is 10.0. The van der Waals surface area contributed by atoms with Crippen LogP contribution in [-0.4, -0.2) is 23.3 Å². The van der Waals surface area contributed by atoms with Gasteiger partial charge in [0.25, 0.3) is 5.70 Å². The molecule has 0 heterocycles. The molecule has 0 aliphatic carbocycles. The minimum atomic E-state index is -2.44. The second-order valence-corrected chi connectivity index (χ2v) is 12.5. The Morgan fingerprint density at radius 3 is 2.14 bits per heavy atom.